The van der Waals surface area contributed by atoms with Gasteiger partial charge in [0.1, 0.15) is 11.9 Å². The van der Waals surface area contributed by atoms with Crippen LogP contribution < -0.4 is 0 Å². The van der Waals surface area contributed by atoms with E-state index in [-0.39, 0.29) is 17.3 Å². The molecule has 0 saturated carbocycles. The minimum atomic E-state index is -0.883. The highest BCUT2D eigenvalue weighted by atomic mass is 19.1. The van der Waals surface area contributed by atoms with Gasteiger partial charge in [-0.1, -0.05) is 26.0 Å². The summed E-state index contributed by atoms with van der Waals surface area (Å²) >= 11 is 0. The lowest BCUT2D eigenvalue weighted by Gasteiger charge is -2.38. The lowest BCUT2D eigenvalue weighted by molar-refractivity contribution is -0.141. The number of rotatable bonds is 5. The molecule has 2 fully saturated rings. The minimum Gasteiger partial charge on any atom is -0.383 e. The monoisotopic (exact) mass is 376 g/mol. The fourth-order valence-electron chi connectivity index (χ4n) is 4.82. The van der Waals surface area contributed by atoms with Gasteiger partial charge in [0.2, 0.25) is 0 Å². The van der Waals surface area contributed by atoms with E-state index in [0.717, 1.165) is 57.3 Å². The molecule has 150 valence electrons. The number of carbonyl (C=O) groups is 1. The van der Waals surface area contributed by atoms with E-state index in [9.17, 15) is 14.3 Å². The molecule has 0 aromatic heterocycles. The van der Waals surface area contributed by atoms with E-state index < -0.39 is 6.10 Å². The highest BCUT2D eigenvalue weighted by molar-refractivity contribution is 5.80. The van der Waals surface area contributed by atoms with Crippen LogP contribution in [0.25, 0.3) is 0 Å². The van der Waals surface area contributed by atoms with Crippen molar-refractivity contribution in [1.82, 2.24) is 9.80 Å². The largest absolute Gasteiger partial charge is 0.383 e. The normalized spacial score (nSPS) is 25.1. The number of aliphatic hydroxyl groups excluding tert-OH is 1. The minimum absolute atomic E-state index is 0.102. The molecule has 0 radical (unpaired) electrons. The SMILES string of the molecule is CC(C)C[C@@H](O)C(=O)N1CCC[C@@]2(CCCN2Cc2cccc(F)c2)CC1. The smallest absolute Gasteiger partial charge is 0.251 e. The van der Waals surface area contributed by atoms with Crippen molar-refractivity contribution in [3.8, 4) is 0 Å². The third kappa shape index (κ3) is 4.88. The van der Waals surface area contributed by atoms with E-state index >= 15 is 0 Å². The molecule has 1 amide bonds. The summed E-state index contributed by atoms with van der Waals surface area (Å²) in [5, 5.41) is 10.2. The molecule has 2 atom stereocenters. The molecule has 5 heteroatoms. The van der Waals surface area contributed by atoms with Gasteiger partial charge in [0.15, 0.2) is 0 Å². The third-order valence-corrected chi connectivity index (χ3v) is 6.21. The number of halogens is 1. The van der Waals surface area contributed by atoms with Crippen molar-refractivity contribution in [2.45, 2.75) is 70.6 Å². The van der Waals surface area contributed by atoms with Crippen LogP contribution in [0.3, 0.4) is 0 Å². The van der Waals surface area contributed by atoms with Crippen LogP contribution in [0.4, 0.5) is 4.39 Å². The summed E-state index contributed by atoms with van der Waals surface area (Å²) in [6.45, 7) is 7.27. The first-order valence-electron chi connectivity index (χ1n) is 10.4. The third-order valence-electron chi connectivity index (χ3n) is 6.21. The molecule has 0 unspecified atom stereocenters. The highest BCUT2D eigenvalue weighted by Crippen LogP contribution is 2.39. The molecule has 2 aliphatic rings. The molecule has 0 bridgehead atoms. The lowest BCUT2D eigenvalue weighted by Crippen LogP contribution is -2.45. The molecule has 1 spiro atoms. The Morgan fingerprint density at radius 3 is 2.63 bits per heavy atom. The van der Waals surface area contributed by atoms with Crippen molar-refractivity contribution in [2.75, 3.05) is 19.6 Å². The van der Waals surface area contributed by atoms with Crippen molar-refractivity contribution < 1.29 is 14.3 Å². The average Bonchev–Trinajstić information content (AvgIpc) is 2.85. The molecular weight excluding hydrogens is 343 g/mol. The van der Waals surface area contributed by atoms with E-state index in [0.29, 0.717) is 18.9 Å². The van der Waals surface area contributed by atoms with Crippen LogP contribution >= 0.6 is 0 Å². The number of hydrogen-bond acceptors (Lipinski definition) is 3. The number of amides is 1. The summed E-state index contributed by atoms with van der Waals surface area (Å²) in [6, 6.07) is 6.88. The molecule has 1 aromatic rings. The van der Waals surface area contributed by atoms with Crippen LogP contribution in [-0.4, -0.2) is 52.1 Å². The maximum atomic E-state index is 13.6. The van der Waals surface area contributed by atoms with Crippen LogP contribution in [-0.2, 0) is 11.3 Å². The predicted octanol–water partition coefficient (Wildman–Crippen LogP) is 3.58. The Morgan fingerprint density at radius 1 is 1.19 bits per heavy atom. The number of nitrogens with zero attached hydrogens (tertiary/aromatic N) is 2. The first kappa shape index (κ1) is 20.3. The molecule has 3 rings (SSSR count). The van der Waals surface area contributed by atoms with Gasteiger partial charge in [-0.05, 0) is 68.7 Å². The van der Waals surface area contributed by atoms with Gasteiger partial charge in [0, 0.05) is 25.2 Å². The summed E-state index contributed by atoms with van der Waals surface area (Å²) < 4.78 is 13.6. The Balaban J connectivity index is 1.65. The maximum absolute atomic E-state index is 13.6. The Kier molecular flexibility index (Phi) is 6.53. The molecule has 27 heavy (non-hydrogen) atoms. The van der Waals surface area contributed by atoms with E-state index in [1.165, 1.54) is 6.07 Å². The van der Waals surface area contributed by atoms with Gasteiger partial charge < -0.3 is 10.0 Å². The number of hydrogen-bond donors (Lipinski definition) is 1. The Bertz CT molecular complexity index is 651. The lowest BCUT2D eigenvalue weighted by atomic mass is 9.87. The number of likely N-dealkylation sites (tertiary alicyclic amines) is 2. The van der Waals surface area contributed by atoms with Gasteiger partial charge in [-0.3, -0.25) is 9.69 Å². The van der Waals surface area contributed by atoms with Crippen LogP contribution in [0.5, 0.6) is 0 Å². The van der Waals surface area contributed by atoms with E-state index in [2.05, 4.69) is 4.90 Å². The molecule has 2 aliphatic heterocycles. The molecule has 2 saturated heterocycles. The summed E-state index contributed by atoms with van der Waals surface area (Å²) in [7, 11) is 0. The Labute approximate surface area is 162 Å². The fraction of sp³-hybridized carbons (Fsp3) is 0.682. The van der Waals surface area contributed by atoms with Crippen molar-refractivity contribution in [3.05, 3.63) is 35.6 Å². The second kappa shape index (κ2) is 8.70. The summed E-state index contributed by atoms with van der Waals surface area (Å²) in [5.74, 6) is 0.00631. The fourth-order valence-corrected chi connectivity index (χ4v) is 4.82. The second-order valence-corrected chi connectivity index (χ2v) is 8.70. The van der Waals surface area contributed by atoms with Gasteiger partial charge in [0.25, 0.3) is 5.91 Å². The molecular formula is C22H33FN2O2. The van der Waals surface area contributed by atoms with E-state index in [4.69, 9.17) is 0 Å². The van der Waals surface area contributed by atoms with Gasteiger partial charge >= 0.3 is 0 Å². The standard InChI is InChI=1S/C22H33FN2O2/c1-17(2)14-20(26)21(27)24-11-4-8-22(10-13-24)9-5-12-25(22)16-18-6-3-7-19(23)15-18/h3,6-7,15,17,20,26H,4-5,8-14,16H2,1-2H3/t20-,22-/m1/s1. The molecule has 0 aliphatic carbocycles. The highest BCUT2D eigenvalue weighted by Gasteiger charge is 2.42. The van der Waals surface area contributed by atoms with Crippen molar-refractivity contribution in [1.29, 1.82) is 0 Å². The summed E-state index contributed by atoms with van der Waals surface area (Å²) in [4.78, 5) is 17.0. The van der Waals surface area contributed by atoms with Gasteiger partial charge in [-0.15, -0.1) is 0 Å². The second-order valence-electron chi connectivity index (χ2n) is 8.70. The van der Waals surface area contributed by atoms with Gasteiger partial charge in [-0.2, -0.15) is 0 Å². The zero-order chi connectivity index (χ0) is 19.4. The molecule has 4 nitrogen and oxygen atoms in total. The first-order chi connectivity index (χ1) is 12.9. The zero-order valence-electron chi connectivity index (χ0n) is 16.7. The Hall–Kier alpha value is -1.46. The van der Waals surface area contributed by atoms with Gasteiger partial charge in [-0.25, -0.2) is 4.39 Å². The average molecular weight is 377 g/mol. The van der Waals surface area contributed by atoms with E-state index in [1.807, 2.05) is 24.8 Å². The summed E-state index contributed by atoms with van der Waals surface area (Å²) in [6.07, 6.45) is 4.88. The Morgan fingerprint density at radius 2 is 1.93 bits per heavy atom. The topological polar surface area (TPSA) is 43.8 Å². The molecule has 2 heterocycles. The first-order valence-corrected chi connectivity index (χ1v) is 10.4. The molecule has 1 aromatic carbocycles. The zero-order valence-corrected chi connectivity index (χ0v) is 16.7. The quantitative estimate of drug-likeness (QED) is 0.854. The van der Waals surface area contributed by atoms with Crippen LogP contribution in [0.2, 0.25) is 0 Å². The van der Waals surface area contributed by atoms with Crippen LogP contribution in [0, 0.1) is 11.7 Å². The van der Waals surface area contributed by atoms with Crippen LogP contribution in [0.1, 0.15) is 57.9 Å². The summed E-state index contributed by atoms with van der Waals surface area (Å²) in [5.41, 5.74) is 1.12. The number of carbonyl (C=O) groups excluding carboxylic acids is 1. The van der Waals surface area contributed by atoms with Crippen molar-refractivity contribution in [3.63, 3.8) is 0 Å². The van der Waals surface area contributed by atoms with Crippen LogP contribution in [0.15, 0.2) is 24.3 Å². The number of benzene rings is 1. The van der Waals surface area contributed by atoms with E-state index in [1.54, 1.807) is 12.1 Å². The maximum Gasteiger partial charge on any atom is 0.251 e. The molecule has 1 N–H and O–H groups in total. The van der Waals surface area contributed by atoms with Gasteiger partial charge in [0.05, 0.1) is 0 Å². The number of aliphatic hydroxyl groups is 1. The van der Waals surface area contributed by atoms with Crippen molar-refractivity contribution in [2.24, 2.45) is 5.92 Å². The predicted molar refractivity (Wildman–Crippen MR) is 105 cm³/mol. The van der Waals surface area contributed by atoms with Crippen molar-refractivity contribution >= 4 is 5.91 Å².